The van der Waals surface area contributed by atoms with Gasteiger partial charge in [-0.3, -0.25) is 10.1 Å². The number of hydrogen-bond acceptors (Lipinski definition) is 3. The Morgan fingerprint density at radius 1 is 1.42 bits per heavy atom. The molecule has 19 heavy (non-hydrogen) atoms. The van der Waals surface area contributed by atoms with Crippen molar-refractivity contribution in [2.45, 2.75) is 50.7 Å². The summed E-state index contributed by atoms with van der Waals surface area (Å²) in [6.45, 7) is 10.2. The average molecular weight is 279 g/mol. The molecule has 0 radical (unpaired) electrons. The summed E-state index contributed by atoms with van der Waals surface area (Å²) >= 11 is 1.53. The molecular weight excluding hydrogens is 258 g/mol. The van der Waals surface area contributed by atoms with Crippen LogP contribution in [0.15, 0.2) is 29.2 Å². The third-order valence-corrected chi connectivity index (χ3v) is 3.71. The lowest BCUT2D eigenvalue weighted by atomic mass is 10.1. The molecular formula is C15H21NO2S. The first-order valence-corrected chi connectivity index (χ1v) is 7.21. The van der Waals surface area contributed by atoms with Crippen LogP contribution in [0.5, 0.6) is 0 Å². The van der Waals surface area contributed by atoms with Crippen LogP contribution in [-0.2, 0) is 0 Å². The molecule has 0 saturated heterocycles. The second-order valence-corrected chi connectivity index (χ2v) is 7.32. The Morgan fingerprint density at radius 3 is 2.53 bits per heavy atom. The van der Waals surface area contributed by atoms with Crippen molar-refractivity contribution in [2.24, 2.45) is 0 Å². The minimum absolute atomic E-state index is 0.0411. The maximum atomic E-state index is 11.2. The lowest BCUT2D eigenvalue weighted by Gasteiger charge is -2.17. The number of hydrogen-bond donors (Lipinski definition) is 0. The highest BCUT2D eigenvalue weighted by Gasteiger charge is 2.21. The molecule has 1 aromatic rings. The molecule has 0 aliphatic heterocycles. The van der Waals surface area contributed by atoms with Gasteiger partial charge in [0, 0.05) is 10.8 Å². The van der Waals surface area contributed by atoms with Crippen molar-refractivity contribution < 1.29 is 4.92 Å². The highest BCUT2D eigenvalue weighted by atomic mass is 32.2. The Morgan fingerprint density at radius 2 is 2.05 bits per heavy atom. The smallest absolute Gasteiger partial charge is 0.258 e. The number of nitro groups is 1. The van der Waals surface area contributed by atoms with E-state index in [1.165, 1.54) is 11.8 Å². The van der Waals surface area contributed by atoms with Crippen LogP contribution in [0.2, 0.25) is 0 Å². The first-order chi connectivity index (χ1) is 8.74. The average Bonchev–Trinajstić information content (AvgIpc) is 2.27. The van der Waals surface area contributed by atoms with Crippen molar-refractivity contribution in [2.75, 3.05) is 0 Å². The van der Waals surface area contributed by atoms with E-state index >= 15 is 0 Å². The van der Waals surface area contributed by atoms with Gasteiger partial charge in [0.2, 0.25) is 0 Å². The number of benzene rings is 1. The van der Waals surface area contributed by atoms with Crippen LogP contribution in [0.3, 0.4) is 0 Å². The van der Waals surface area contributed by atoms with Crippen LogP contribution >= 0.6 is 11.8 Å². The fraction of sp³-hybridized carbons (Fsp3) is 0.467. The predicted molar refractivity (Wildman–Crippen MR) is 82.6 cm³/mol. The molecule has 1 rings (SSSR count). The van der Waals surface area contributed by atoms with E-state index in [1.54, 1.807) is 6.07 Å². The number of nitro benzene ring substituents is 1. The van der Waals surface area contributed by atoms with Crippen LogP contribution in [0.25, 0.3) is 5.57 Å². The molecule has 104 valence electrons. The highest BCUT2D eigenvalue weighted by molar-refractivity contribution is 8.00. The van der Waals surface area contributed by atoms with Crippen LogP contribution in [0, 0.1) is 10.1 Å². The van der Waals surface area contributed by atoms with Crippen molar-refractivity contribution in [3.63, 3.8) is 0 Å². The van der Waals surface area contributed by atoms with Crippen LogP contribution in [0.4, 0.5) is 5.69 Å². The maximum Gasteiger partial charge on any atom is 0.283 e. The Bertz CT molecular complexity index is 501. The molecule has 0 saturated carbocycles. The molecule has 0 atom stereocenters. The summed E-state index contributed by atoms with van der Waals surface area (Å²) < 4.78 is -0.0411. The van der Waals surface area contributed by atoms with Crippen molar-refractivity contribution in [1.82, 2.24) is 0 Å². The van der Waals surface area contributed by atoms with Gasteiger partial charge in [-0.15, -0.1) is 11.8 Å². The van der Waals surface area contributed by atoms with Crippen LogP contribution in [0.1, 0.15) is 46.6 Å². The van der Waals surface area contributed by atoms with Gasteiger partial charge in [0.1, 0.15) is 0 Å². The van der Waals surface area contributed by atoms with Gasteiger partial charge >= 0.3 is 0 Å². The Hall–Kier alpha value is -1.29. The molecule has 1 aromatic carbocycles. The lowest BCUT2D eigenvalue weighted by Crippen LogP contribution is -2.07. The normalized spacial score (nSPS) is 12.6. The topological polar surface area (TPSA) is 43.1 Å². The molecule has 0 amide bonds. The summed E-state index contributed by atoms with van der Waals surface area (Å²) in [4.78, 5) is 11.6. The Labute approximate surface area is 119 Å². The van der Waals surface area contributed by atoms with Crippen molar-refractivity contribution in [3.8, 4) is 0 Å². The van der Waals surface area contributed by atoms with Gasteiger partial charge in [-0.2, -0.15) is 0 Å². The summed E-state index contributed by atoms with van der Waals surface area (Å²) in [6, 6.07) is 5.49. The molecule has 0 heterocycles. The third kappa shape index (κ3) is 4.71. The van der Waals surface area contributed by atoms with Crippen molar-refractivity contribution in [1.29, 1.82) is 0 Å². The molecule has 0 aliphatic carbocycles. The summed E-state index contributed by atoms with van der Waals surface area (Å²) in [5.41, 5.74) is 2.20. The first-order valence-electron chi connectivity index (χ1n) is 6.39. The zero-order chi connectivity index (χ0) is 14.6. The van der Waals surface area contributed by atoms with E-state index in [4.69, 9.17) is 0 Å². The zero-order valence-electron chi connectivity index (χ0n) is 12.2. The minimum Gasteiger partial charge on any atom is -0.258 e. The van der Waals surface area contributed by atoms with Gasteiger partial charge in [-0.1, -0.05) is 39.8 Å². The van der Waals surface area contributed by atoms with Crippen LogP contribution < -0.4 is 0 Å². The number of thioether (sulfide) groups is 1. The Kier molecular flexibility index (Phi) is 5.18. The van der Waals surface area contributed by atoms with Gasteiger partial charge in [0.15, 0.2) is 0 Å². The fourth-order valence-electron chi connectivity index (χ4n) is 1.75. The quantitative estimate of drug-likeness (QED) is 0.427. The second-order valence-electron chi connectivity index (χ2n) is 5.45. The monoisotopic (exact) mass is 279 g/mol. The predicted octanol–water partition coefficient (Wildman–Crippen LogP) is 5.30. The van der Waals surface area contributed by atoms with Gasteiger partial charge in [-0.25, -0.2) is 0 Å². The summed E-state index contributed by atoms with van der Waals surface area (Å²) in [7, 11) is 0. The van der Waals surface area contributed by atoms with E-state index in [0.717, 1.165) is 22.5 Å². The van der Waals surface area contributed by atoms with Crippen molar-refractivity contribution in [3.05, 3.63) is 40.0 Å². The largest absolute Gasteiger partial charge is 0.283 e. The number of rotatable bonds is 4. The van der Waals surface area contributed by atoms with E-state index < -0.39 is 0 Å². The molecule has 0 fully saturated rings. The molecule has 0 aliphatic rings. The molecule has 0 aromatic heterocycles. The fourth-order valence-corrected chi connectivity index (χ4v) is 2.78. The third-order valence-electron chi connectivity index (χ3n) is 2.54. The minimum atomic E-state index is -0.295. The molecule has 4 heteroatoms. The highest BCUT2D eigenvalue weighted by Crippen LogP contribution is 2.38. The van der Waals surface area contributed by atoms with Gasteiger partial charge in [0.25, 0.3) is 5.69 Å². The number of allylic oxidation sites excluding steroid dienone is 2. The van der Waals surface area contributed by atoms with E-state index in [2.05, 4.69) is 33.8 Å². The van der Waals surface area contributed by atoms with E-state index in [-0.39, 0.29) is 15.4 Å². The summed E-state index contributed by atoms with van der Waals surface area (Å²) in [5, 5.41) is 11.2. The Balaban J connectivity index is 3.23. The zero-order valence-corrected chi connectivity index (χ0v) is 13.0. The van der Waals surface area contributed by atoms with Gasteiger partial charge in [0.05, 0.1) is 9.82 Å². The molecule has 0 spiro atoms. The van der Waals surface area contributed by atoms with Gasteiger partial charge < -0.3 is 0 Å². The number of nitrogens with zero attached hydrogens (tertiary/aromatic N) is 1. The molecule has 3 nitrogen and oxygen atoms in total. The first kappa shape index (κ1) is 15.8. The van der Waals surface area contributed by atoms with Crippen molar-refractivity contribution >= 4 is 23.0 Å². The summed E-state index contributed by atoms with van der Waals surface area (Å²) in [6.07, 6.45) is 3.01. The standard InChI is InChI=1S/C15H21NO2S/c1-6-7-11(2)12-8-9-14(19-15(3,4)5)13(10-12)16(17)18/h7-10H,6H2,1-5H3/b11-7+. The summed E-state index contributed by atoms with van der Waals surface area (Å²) in [5.74, 6) is 0. The van der Waals surface area contributed by atoms with E-state index in [1.807, 2.05) is 19.1 Å². The van der Waals surface area contributed by atoms with E-state index in [9.17, 15) is 10.1 Å². The molecule has 0 unspecified atom stereocenters. The van der Waals surface area contributed by atoms with E-state index in [0.29, 0.717) is 0 Å². The molecule has 0 bridgehead atoms. The lowest BCUT2D eigenvalue weighted by molar-refractivity contribution is -0.387. The second kappa shape index (κ2) is 6.24. The van der Waals surface area contributed by atoms with Crippen LogP contribution in [-0.4, -0.2) is 9.67 Å². The molecule has 0 N–H and O–H groups in total. The van der Waals surface area contributed by atoms with Gasteiger partial charge in [-0.05, 0) is 30.5 Å². The maximum absolute atomic E-state index is 11.2. The SMILES string of the molecule is CC/C=C(\C)c1ccc(SC(C)(C)C)c([N+](=O)[O-])c1.